The number of aromatic nitrogens is 2. The number of fused-ring (bicyclic) bond motifs is 2. The van der Waals surface area contributed by atoms with Gasteiger partial charge in [-0.05, 0) is 18.2 Å². The van der Waals surface area contributed by atoms with Crippen LogP contribution < -0.4 is 10.1 Å². The van der Waals surface area contributed by atoms with Gasteiger partial charge in [0.1, 0.15) is 16.1 Å². The second kappa shape index (κ2) is 5.27. The lowest BCUT2D eigenvalue weighted by atomic mass is 10.1. The zero-order valence-corrected chi connectivity index (χ0v) is 12.7. The molecule has 0 amide bonds. The summed E-state index contributed by atoms with van der Waals surface area (Å²) in [5.41, 5.74) is 5.63. The number of hydrogen-bond acceptors (Lipinski definition) is 5. The van der Waals surface area contributed by atoms with Crippen molar-refractivity contribution in [3.63, 3.8) is 0 Å². The van der Waals surface area contributed by atoms with Crippen LogP contribution in [0.4, 0.5) is 11.4 Å². The summed E-state index contributed by atoms with van der Waals surface area (Å²) in [4.78, 5) is 10.1. The van der Waals surface area contributed by atoms with Crippen molar-refractivity contribution in [3.05, 3.63) is 54.0 Å². The van der Waals surface area contributed by atoms with Crippen LogP contribution in [0.5, 0.6) is 5.75 Å². The van der Waals surface area contributed by atoms with E-state index in [0.717, 1.165) is 38.4 Å². The van der Waals surface area contributed by atoms with E-state index in [2.05, 4.69) is 21.4 Å². The number of ether oxygens (including phenoxy) is 1. The minimum atomic E-state index is 0.817. The van der Waals surface area contributed by atoms with Crippen LogP contribution in [0.2, 0.25) is 0 Å². The highest BCUT2D eigenvalue weighted by Gasteiger charge is 2.11. The summed E-state index contributed by atoms with van der Waals surface area (Å²) in [6, 6.07) is 16.0. The van der Waals surface area contributed by atoms with Gasteiger partial charge in [-0.1, -0.05) is 24.3 Å². The Morgan fingerprint density at radius 2 is 2.00 bits per heavy atom. The van der Waals surface area contributed by atoms with Crippen LogP contribution in [-0.2, 0) is 0 Å². The largest absolute Gasteiger partial charge is 0.497 e. The Balaban J connectivity index is 1.92. The van der Waals surface area contributed by atoms with Gasteiger partial charge in [0, 0.05) is 17.1 Å². The van der Waals surface area contributed by atoms with E-state index in [-0.39, 0.29) is 0 Å². The molecule has 2 aromatic carbocycles. The number of rotatable bonds is 3. The van der Waals surface area contributed by atoms with Gasteiger partial charge in [0.15, 0.2) is 0 Å². The highest BCUT2D eigenvalue weighted by molar-refractivity contribution is 7.16. The molecule has 0 saturated heterocycles. The Kier molecular flexibility index (Phi) is 3.12. The van der Waals surface area contributed by atoms with Crippen LogP contribution in [0.3, 0.4) is 0 Å². The van der Waals surface area contributed by atoms with E-state index in [1.54, 1.807) is 18.4 Å². The van der Waals surface area contributed by atoms with Crippen LogP contribution in [0, 0.1) is 0 Å². The summed E-state index contributed by atoms with van der Waals surface area (Å²) >= 11 is 1.55. The number of para-hydroxylation sites is 1. The maximum Gasteiger partial charge on any atom is 0.146 e. The maximum atomic E-state index is 5.29. The molecule has 0 aliphatic heterocycles. The third-order valence-electron chi connectivity index (χ3n) is 3.52. The second-order valence-electron chi connectivity index (χ2n) is 4.87. The fourth-order valence-electron chi connectivity index (χ4n) is 2.48. The molecular weight excluding hydrogens is 294 g/mol. The summed E-state index contributed by atoms with van der Waals surface area (Å²) in [7, 11) is 1.67. The minimum absolute atomic E-state index is 0.817. The molecule has 4 nitrogen and oxygen atoms in total. The molecule has 108 valence electrons. The van der Waals surface area contributed by atoms with Gasteiger partial charge in [-0.2, -0.15) is 0 Å². The Bertz CT molecular complexity index is 964. The normalized spacial score (nSPS) is 11.0. The van der Waals surface area contributed by atoms with Gasteiger partial charge in [0.2, 0.25) is 0 Å². The number of pyridine rings is 1. The van der Waals surface area contributed by atoms with Crippen molar-refractivity contribution in [2.45, 2.75) is 0 Å². The van der Waals surface area contributed by atoms with Crippen LogP contribution in [0.1, 0.15) is 0 Å². The van der Waals surface area contributed by atoms with Crippen LogP contribution in [-0.4, -0.2) is 17.1 Å². The molecule has 4 rings (SSSR count). The monoisotopic (exact) mass is 307 g/mol. The summed E-state index contributed by atoms with van der Waals surface area (Å²) < 4.78 is 5.29. The predicted molar refractivity (Wildman–Crippen MR) is 91.2 cm³/mol. The predicted octanol–water partition coefficient (Wildman–Crippen LogP) is 4.60. The van der Waals surface area contributed by atoms with E-state index in [1.165, 1.54) is 0 Å². The molecule has 0 fully saturated rings. The molecule has 0 aliphatic carbocycles. The third kappa shape index (κ3) is 2.16. The molecule has 1 N–H and O–H groups in total. The highest BCUT2D eigenvalue weighted by atomic mass is 32.1. The molecule has 4 aromatic rings. The van der Waals surface area contributed by atoms with E-state index < -0.39 is 0 Å². The number of thiazole rings is 1. The Morgan fingerprint density at radius 1 is 1.09 bits per heavy atom. The van der Waals surface area contributed by atoms with Crippen LogP contribution in [0.25, 0.3) is 21.3 Å². The quantitative estimate of drug-likeness (QED) is 0.601. The van der Waals surface area contributed by atoms with Gasteiger partial charge in [0.25, 0.3) is 0 Å². The zero-order valence-electron chi connectivity index (χ0n) is 11.9. The van der Waals surface area contributed by atoms with Crippen molar-refractivity contribution in [3.8, 4) is 5.75 Å². The highest BCUT2D eigenvalue weighted by Crippen LogP contribution is 2.34. The lowest BCUT2D eigenvalue weighted by molar-refractivity contribution is 0.415. The van der Waals surface area contributed by atoms with E-state index in [9.17, 15) is 0 Å². The molecular formula is C17H13N3OS. The number of hydrogen-bond donors (Lipinski definition) is 1. The number of methoxy groups -OCH3 is 1. The summed E-state index contributed by atoms with van der Waals surface area (Å²) in [5.74, 6) is 0.817. The standard InChI is InChI=1S/C17H13N3OS/c1-21-12-6-4-5-11(9-12)19-15-13-7-2-3-8-14(13)20-17-16(15)18-10-22-17/h2-10H,1H3,(H,19,20). The first-order valence-electron chi connectivity index (χ1n) is 6.88. The molecule has 5 heteroatoms. The first-order valence-corrected chi connectivity index (χ1v) is 7.76. The third-order valence-corrected chi connectivity index (χ3v) is 4.24. The van der Waals surface area contributed by atoms with Gasteiger partial charge < -0.3 is 10.1 Å². The molecule has 0 atom stereocenters. The molecule has 0 radical (unpaired) electrons. The first kappa shape index (κ1) is 13.0. The van der Waals surface area contributed by atoms with Gasteiger partial charge >= 0.3 is 0 Å². The molecule has 22 heavy (non-hydrogen) atoms. The van der Waals surface area contributed by atoms with Gasteiger partial charge in [-0.15, -0.1) is 11.3 Å². The topological polar surface area (TPSA) is 47.0 Å². The Hall–Kier alpha value is -2.66. The van der Waals surface area contributed by atoms with Gasteiger partial charge in [0.05, 0.1) is 23.8 Å². The Labute approximate surface area is 131 Å². The molecule has 0 bridgehead atoms. The summed E-state index contributed by atoms with van der Waals surface area (Å²) in [5, 5.41) is 4.53. The van der Waals surface area contributed by atoms with Crippen molar-refractivity contribution < 1.29 is 4.74 Å². The molecule has 0 unspecified atom stereocenters. The number of anilines is 2. The van der Waals surface area contributed by atoms with Crippen molar-refractivity contribution in [2.75, 3.05) is 12.4 Å². The second-order valence-corrected chi connectivity index (χ2v) is 5.70. The van der Waals surface area contributed by atoms with Gasteiger partial charge in [-0.25, -0.2) is 9.97 Å². The Morgan fingerprint density at radius 3 is 2.91 bits per heavy atom. The minimum Gasteiger partial charge on any atom is -0.497 e. The number of benzene rings is 2. The van der Waals surface area contributed by atoms with E-state index >= 15 is 0 Å². The van der Waals surface area contributed by atoms with Crippen LogP contribution in [0.15, 0.2) is 54.0 Å². The summed E-state index contributed by atoms with van der Waals surface area (Å²) in [6.45, 7) is 0. The molecule has 2 heterocycles. The van der Waals surface area contributed by atoms with Crippen LogP contribution >= 0.6 is 11.3 Å². The smallest absolute Gasteiger partial charge is 0.146 e. The summed E-state index contributed by atoms with van der Waals surface area (Å²) in [6.07, 6.45) is 0. The fraction of sp³-hybridized carbons (Fsp3) is 0.0588. The van der Waals surface area contributed by atoms with Crippen molar-refractivity contribution in [1.82, 2.24) is 9.97 Å². The van der Waals surface area contributed by atoms with E-state index in [1.807, 2.05) is 48.0 Å². The number of nitrogens with one attached hydrogen (secondary N) is 1. The molecule has 2 aromatic heterocycles. The lowest BCUT2D eigenvalue weighted by Gasteiger charge is -2.11. The van der Waals surface area contributed by atoms with Crippen molar-refractivity contribution >= 4 is 44.0 Å². The average Bonchev–Trinajstić information content (AvgIpc) is 3.03. The lowest BCUT2D eigenvalue weighted by Crippen LogP contribution is -1.95. The molecule has 0 saturated carbocycles. The molecule has 0 spiro atoms. The fourth-order valence-corrected chi connectivity index (χ4v) is 3.16. The molecule has 0 aliphatic rings. The SMILES string of the molecule is COc1cccc(Nc2c3ccccc3nc3scnc23)c1. The van der Waals surface area contributed by atoms with Crippen molar-refractivity contribution in [1.29, 1.82) is 0 Å². The van der Waals surface area contributed by atoms with E-state index in [0.29, 0.717) is 0 Å². The zero-order chi connectivity index (χ0) is 14.9. The van der Waals surface area contributed by atoms with Crippen molar-refractivity contribution in [2.24, 2.45) is 0 Å². The van der Waals surface area contributed by atoms with E-state index in [4.69, 9.17) is 4.74 Å². The maximum absolute atomic E-state index is 5.29. The first-order chi connectivity index (χ1) is 10.8. The van der Waals surface area contributed by atoms with Gasteiger partial charge in [-0.3, -0.25) is 0 Å². The number of nitrogens with zero attached hydrogens (tertiary/aromatic N) is 2. The average molecular weight is 307 g/mol.